The molecule has 138 valence electrons. The van der Waals surface area contributed by atoms with Crippen LogP contribution in [0.4, 0.5) is 0 Å². The molecule has 1 fully saturated rings. The Balaban J connectivity index is 2.98. The monoisotopic (exact) mass is 342 g/mol. The normalized spacial score (nSPS) is 25.5. The zero-order chi connectivity index (χ0) is 18.4. The summed E-state index contributed by atoms with van der Waals surface area (Å²) in [5, 5.41) is 22.9. The fraction of sp³-hybridized carbons (Fsp3) is 0.812. The summed E-state index contributed by atoms with van der Waals surface area (Å²) in [6.45, 7) is 5.49. The van der Waals surface area contributed by atoms with E-state index in [0.717, 1.165) is 12.8 Å². The second-order valence-electron chi connectivity index (χ2n) is 6.59. The van der Waals surface area contributed by atoms with E-state index in [1.54, 1.807) is 0 Å². The SMILES string of the molecule is CCC(CC)CC(NC(C)=O)[C@@H](O)[C@H]1[C@H](N=C(N)N)C[C@H]1C(=O)O. The molecule has 1 unspecified atom stereocenters. The van der Waals surface area contributed by atoms with Crippen molar-refractivity contribution in [1.82, 2.24) is 5.32 Å². The van der Waals surface area contributed by atoms with Crippen LogP contribution in [0, 0.1) is 17.8 Å². The lowest BCUT2D eigenvalue weighted by Gasteiger charge is -2.45. The number of carbonyl (C=O) groups excluding carboxylic acids is 1. The van der Waals surface area contributed by atoms with Gasteiger partial charge in [0.2, 0.25) is 5.91 Å². The number of carbonyl (C=O) groups is 2. The molecule has 8 nitrogen and oxygen atoms in total. The van der Waals surface area contributed by atoms with Crippen LogP contribution in [0.5, 0.6) is 0 Å². The van der Waals surface area contributed by atoms with Crippen molar-refractivity contribution in [2.24, 2.45) is 34.2 Å². The van der Waals surface area contributed by atoms with Gasteiger partial charge in [-0.05, 0) is 18.8 Å². The molecule has 0 heterocycles. The van der Waals surface area contributed by atoms with Gasteiger partial charge >= 0.3 is 5.97 Å². The summed E-state index contributed by atoms with van der Waals surface area (Å²) < 4.78 is 0. The number of aliphatic hydroxyl groups excluding tert-OH is 1. The van der Waals surface area contributed by atoms with Crippen LogP contribution in [0.2, 0.25) is 0 Å². The molecule has 0 saturated heterocycles. The minimum atomic E-state index is -1.02. The highest BCUT2D eigenvalue weighted by atomic mass is 16.4. The third kappa shape index (κ3) is 5.09. The summed E-state index contributed by atoms with van der Waals surface area (Å²) in [5.74, 6) is -2.36. The molecule has 0 aromatic carbocycles. The van der Waals surface area contributed by atoms with E-state index in [1.165, 1.54) is 6.92 Å². The van der Waals surface area contributed by atoms with E-state index in [-0.39, 0.29) is 18.3 Å². The second kappa shape index (κ2) is 8.86. The standard InChI is InChI=1S/C16H30N4O4/c1-4-9(5-2)6-12(19-8(3)21)14(22)13-10(15(23)24)7-11(13)20-16(17)18/h9-14,22H,4-7H2,1-3H3,(H,19,21)(H,23,24)(H4,17,18,20)/t10-,11-,12?,13-,14-/m1/s1. The average molecular weight is 342 g/mol. The van der Waals surface area contributed by atoms with Gasteiger partial charge in [0.05, 0.1) is 24.1 Å². The fourth-order valence-corrected chi connectivity index (χ4v) is 3.50. The van der Waals surface area contributed by atoms with E-state index in [9.17, 15) is 19.8 Å². The van der Waals surface area contributed by atoms with Gasteiger partial charge < -0.3 is 27.0 Å². The molecule has 1 amide bonds. The van der Waals surface area contributed by atoms with E-state index in [4.69, 9.17) is 11.5 Å². The van der Waals surface area contributed by atoms with E-state index in [2.05, 4.69) is 24.2 Å². The van der Waals surface area contributed by atoms with Crippen molar-refractivity contribution >= 4 is 17.8 Å². The number of aliphatic imine (C=N–C) groups is 1. The zero-order valence-electron chi connectivity index (χ0n) is 14.6. The van der Waals surface area contributed by atoms with Crippen molar-refractivity contribution in [3.8, 4) is 0 Å². The molecule has 0 aliphatic heterocycles. The van der Waals surface area contributed by atoms with Crippen LogP contribution in [0.25, 0.3) is 0 Å². The smallest absolute Gasteiger partial charge is 0.307 e. The lowest BCUT2D eigenvalue weighted by atomic mass is 9.64. The number of amides is 1. The Morgan fingerprint density at radius 1 is 1.29 bits per heavy atom. The van der Waals surface area contributed by atoms with Crippen molar-refractivity contribution in [2.45, 2.75) is 64.6 Å². The summed E-state index contributed by atoms with van der Waals surface area (Å²) in [5.41, 5.74) is 10.8. The molecule has 7 N–H and O–H groups in total. The Labute approximate surface area is 142 Å². The molecule has 1 rings (SSSR count). The molecule has 1 aliphatic carbocycles. The summed E-state index contributed by atoms with van der Waals surface area (Å²) in [6, 6.07) is -0.958. The number of guanidine groups is 1. The van der Waals surface area contributed by atoms with Crippen LogP contribution in [0.15, 0.2) is 4.99 Å². The number of aliphatic hydroxyl groups is 1. The highest BCUT2D eigenvalue weighted by Crippen LogP contribution is 2.41. The highest BCUT2D eigenvalue weighted by Gasteiger charge is 2.51. The van der Waals surface area contributed by atoms with Crippen LogP contribution in [0.1, 0.15) is 46.5 Å². The molecule has 0 bridgehead atoms. The first kappa shape index (κ1) is 20.2. The Morgan fingerprint density at radius 2 is 1.88 bits per heavy atom. The Kier molecular flexibility index (Phi) is 7.47. The van der Waals surface area contributed by atoms with Crippen molar-refractivity contribution in [1.29, 1.82) is 0 Å². The second-order valence-corrected chi connectivity index (χ2v) is 6.59. The number of hydrogen-bond acceptors (Lipinski definition) is 4. The maximum atomic E-state index is 11.5. The summed E-state index contributed by atoms with van der Waals surface area (Å²) in [4.78, 5) is 26.9. The minimum Gasteiger partial charge on any atom is -0.481 e. The summed E-state index contributed by atoms with van der Waals surface area (Å²) in [7, 11) is 0. The first-order chi connectivity index (χ1) is 11.2. The highest BCUT2D eigenvalue weighted by molar-refractivity contribution is 5.77. The van der Waals surface area contributed by atoms with Gasteiger partial charge in [0.25, 0.3) is 0 Å². The summed E-state index contributed by atoms with van der Waals surface area (Å²) >= 11 is 0. The molecule has 0 aromatic heterocycles. The third-order valence-electron chi connectivity index (χ3n) is 4.97. The first-order valence-electron chi connectivity index (χ1n) is 8.47. The fourth-order valence-electron chi connectivity index (χ4n) is 3.50. The lowest BCUT2D eigenvalue weighted by Crippen LogP contribution is -2.58. The molecular formula is C16H30N4O4. The van der Waals surface area contributed by atoms with Gasteiger partial charge in [-0.15, -0.1) is 0 Å². The number of carboxylic acids is 1. The number of nitrogens with one attached hydrogen (secondary N) is 1. The Bertz CT molecular complexity index is 475. The predicted octanol–water partition coefficient (Wildman–Crippen LogP) is 0.0410. The molecule has 0 radical (unpaired) electrons. The molecule has 1 aliphatic rings. The Hall–Kier alpha value is -1.83. The first-order valence-corrected chi connectivity index (χ1v) is 8.47. The van der Waals surface area contributed by atoms with Gasteiger partial charge in [-0.2, -0.15) is 0 Å². The largest absolute Gasteiger partial charge is 0.481 e. The summed E-state index contributed by atoms with van der Waals surface area (Å²) in [6.07, 6.45) is 1.70. The minimum absolute atomic E-state index is 0.128. The van der Waals surface area contributed by atoms with Crippen molar-refractivity contribution in [2.75, 3.05) is 0 Å². The topological polar surface area (TPSA) is 151 Å². The lowest BCUT2D eigenvalue weighted by molar-refractivity contribution is -0.154. The maximum Gasteiger partial charge on any atom is 0.307 e. The molecular weight excluding hydrogens is 312 g/mol. The van der Waals surface area contributed by atoms with Crippen LogP contribution in [0.3, 0.4) is 0 Å². The maximum absolute atomic E-state index is 11.5. The van der Waals surface area contributed by atoms with Crippen LogP contribution < -0.4 is 16.8 Å². The van der Waals surface area contributed by atoms with Crippen LogP contribution >= 0.6 is 0 Å². The molecule has 0 spiro atoms. The van der Waals surface area contributed by atoms with Crippen molar-refractivity contribution in [3.05, 3.63) is 0 Å². The number of aliphatic carboxylic acids is 1. The van der Waals surface area contributed by atoms with E-state index >= 15 is 0 Å². The Morgan fingerprint density at radius 3 is 2.29 bits per heavy atom. The van der Waals surface area contributed by atoms with Gasteiger partial charge in [-0.1, -0.05) is 26.7 Å². The molecule has 5 atom stereocenters. The molecule has 8 heteroatoms. The number of nitrogens with two attached hydrogens (primary N) is 2. The molecule has 1 saturated carbocycles. The van der Waals surface area contributed by atoms with Crippen LogP contribution in [-0.2, 0) is 9.59 Å². The van der Waals surface area contributed by atoms with Crippen molar-refractivity contribution < 1.29 is 19.8 Å². The van der Waals surface area contributed by atoms with Gasteiger partial charge in [-0.25, -0.2) is 4.99 Å². The van der Waals surface area contributed by atoms with Gasteiger partial charge in [0.15, 0.2) is 5.96 Å². The zero-order valence-corrected chi connectivity index (χ0v) is 14.6. The van der Waals surface area contributed by atoms with Gasteiger partial charge in [-0.3, -0.25) is 9.59 Å². The van der Waals surface area contributed by atoms with E-state index < -0.39 is 36.0 Å². The average Bonchev–Trinajstić information content (AvgIpc) is 2.46. The molecule has 24 heavy (non-hydrogen) atoms. The van der Waals surface area contributed by atoms with Gasteiger partial charge in [0, 0.05) is 12.8 Å². The van der Waals surface area contributed by atoms with E-state index in [1.807, 2.05) is 0 Å². The number of hydrogen-bond donors (Lipinski definition) is 5. The van der Waals surface area contributed by atoms with Crippen molar-refractivity contribution in [3.63, 3.8) is 0 Å². The van der Waals surface area contributed by atoms with E-state index in [0.29, 0.717) is 12.3 Å². The number of rotatable bonds is 9. The number of nitrogens with zero attached hydrogens (tertiary/aromatic N) is 1. The van der Waals surface area contributed by atoms with Gasteiger partial charge in [0.1, 0.15) is 0 Å². The third-order valence-corrected chi connectivity index (χ3v) is 4.97. The predicted molar refractivity (Wildman–Crippen MR) is 91.1 cm³/mol. The quantitative estimate of drug-likeness (QED) is 0.295. The van der Waals surface area contributed by atoms with Crippen LogP contribution in [-0.4, -0.2) is 46.2 Å². The molecule has 0 aromatic rings. The number of carboxylic acid groups (broad SMARTS) is 1.